The molecule has 2 aliphatic rings. The van der Waals surface area contributed by atoms with Gasteiger partial charge in [-0.15, -0.1) is 0 Å². The number of carbonyl (C=O) groups is 1. The fourth-order valence-electron chi connectivity index (χ4n) is 2.83. The van der Waals surface area contributed by atoms with Gasteiger partial charge in [0.1, 0.15) is 5.82 Å². The highest BCUT2D eigenvalue weighted by Crippen LogP contribution is 2.46. The van der Waals surface area contributed by atoms with Crippen LogP contribution in [0.1, 0.15) is 31.7 Å². The maximum atomic E-state index is 13.9. The molecule has 3 nitrogen and oxygen atoms in total. The van der Waals surface area contributed by atoms with Gasteiger partial charge in [-0.1, -0.05) is 25.1 Å². The summed E-state index contributed by atoms with van der Waals surface area (Å²) in [6.45, 7) is 4.94. The zero-order valence-corrected chi connectivity index (χ0v) is 11.9. The fraction of sp³-hybridized carbons (Fsp3) is 0.562. The number of amides is 1. The van der Waals surface area contributed by atoms with E-state index in [0.717, 1.165) is 32.5 Å². The standard InChI is InChI=1S/C16H21FN2O/c1-12(11-19-9-4-10-19)15(20)18-16(7-8-16)13-5-2-3-6-14(13)17/h2-3,5-6,12H,4,7-11H2,1H3,(H,18,20)/t12-/m0/s1. The summed E-state index contributed by atoms with van der Waals surface area (Å²) in [4.78, 5) is 14.6. The molecule has 1 atom stereocenters. The highest BCUT2D eigenvalue weighted by molar-refractivity contribution is 5.80. The van der Waals surface area contributed by atoms with E-state index in [2.05, 4.69) is 10.2 Å². The van der Waals surface area contributed by atoms with Crippen LogP contribution >= 0.6 is 0 Å². The van der Waals surface area contributed by atoms with Crippen LogP contribution < -0.4 is 5.32 Å². The zero-order chi connectivity index (χ0) is 14.2. The molecule has 1 aromatic rings. The van der Waals surface area contributed by atoms with E-state index in [4.69, 9.17) is 0 Å². The average Bonchev–Trinajstić information content (AvgIpc) is 3.14. The molecule has 1 heterocycles. The third kappa shape index (κ3) is 2.57. The van der Waals surface area contributed by atoms with E-state index in [9.17, 15) is 9.18 Å². The van der Waals surface area contributed by atoms with E-state index in [1.165, 1.54) is 12.5 Å². The van der Waals surface area contributed by atoms with E-state index in [0.29, 0.717) is 5.56 Å². The Balaban J connectivity index is 1.64. The fourth-order valence-corrected chi connectivity index (χ4v) is 2.83. The van der Waals surface area contributed by atoms with Gasteiger partial charge in [0, 0.05) is 18.0 Å². The number of rotatable bonds is 5. The maximum Gasteiger partial charge on any atom is 0.224 e. The summed E-state index contributed by atoms with van der Waals surface area (Å²) < 4.78 is 13.9. The van der Waals surface area contributed by atoms with Crippen molar-refractivity contribution in [2.45, 2.75) is 31.7 Å². The summed E-state index contributed by atoms with van der Waals surface area (Å²) in [5, 5.41) is 3.07. The second kappa shape index (κ2) is 5.17. The second-order valence-electron chi connectivity index (χ2n) is 6.11. The molecule has 0 unspecified atom stereocenters. The number of hydrogen-bond donors (Lipinski definition) is 1. The molecule has 2 fully saturated rings. The minimum Gasteiger partial charge on any atom is -0.346 e. The van der Waals surface area contributed by atoms with Crippen LogP contribution in [0.4, 0.5) is 4.39 Å². The lowest BCUT2D eigenvalue weighted by Crippen LogP contribution is -2.46. The Kier molecular flexibility index (Phi) is 3.50. The van der Waals surface area contributed by atoms with Gasteiger partial charge in [-0.25, -0.2) is 4.39 Å². The minimum atomic E-state index is -0.453. The number of nitrogens with zero attached hydrogens (tertiary/aromatic N) is 1. The molecule has 1 saturated carbocycles. The van der Waals surface area contributed by atoms with Gasteiger partial charge in [-0.05, 0) is 38.4 Å². The number of halogens is 1. The van der Waals surface area contributed by atoms with Crippen molar-refractivity contribution in [2.24, 2.45) is 5.92 Å². The molecular weight excluding hydrogens is 255 g/mol. The Morgan fingerprint density at radius 1 is 1.40 bits per heavy atom. The van der Waals surface area contributed by atoms with Gasteiger partial charge in [-0.3, -0.25) is 4.79 Å². The van der Waals surface area contributed by atoms with Crippen molar-refractivity contribution in [1.82, 2.24) is 10.2 Å². The molecule has 0 spiro atoms. The molecule has 1 aromatic carbocycles. The highest BCUT2D eigenvalue weighted by atomic mass is 19.1. The molecule has 1 aliphatic heterocycles. The predicted octanol–water partition coefficient (Wildman–Crippen LogP) is 2.27. The smallest absolute Gasteiger partial charge is 0.224 e. The molecule has 108 valence electrons. The molecular formula is C16H21FN2O. The first kappa shape index (κ1) is 13.6. The largest absolute Gasteiger partial charge is 0.346 e. The van der Waals surface area contributed by atoms with Crippen LogP contribution in [-0.4, -0.2) is 30.4 Å². The summed E-state index contributed by atoms with van der Waals surface area (Å²) in [5.74, 6) is -0.224. The summed E-state index contributed by atoms with van der Waals surface area (Å²) >= 11 is 0. The van der Waals surface area contributed by atoms with Gasteiger partial charge in [-0.2, -0.15) is 0 Å². The number of benzene rings is 1. The first-order valence-corrected chi connectivity index (χ1v) is 7.40. The lowest BCUT2D eigenvalue weighted by Gasteiger charge is -2.33. The van der Waals surface area contributed by atoms with Crippen molar-refractivity contribution in [3.8, 4) is 0 Å². The molecule has 0 bridgehead atoms. The van der Waals surface area contributed by atoms with E-state index in [1.807, 2.05) is 13.0 Å². The Labute approximate surface area is 119 Å². The van der Waals surface area contributed by atoms with Crippen LogP contribution in [0, 0.1) is 11.7 Å². The number of hydrogen-bond acceptors (Lipinski definition) is 2. The van der Waals surface area contributed by atoms with Crippen LogP contribution in [0.3, 0.4) is 0 Å². The highest BCUT2D eigenvalue weighted by Gasteiger charge is 2.47. The lowest BCUT2D eigenvalue weighted by atomic mass is 10.0. The van der Waals surface area contributed by atoms with Crippen LogP contribution in [0.25, 0.3) is 0 Å². The quantitative estimate of drug-likeness (QED) is 0.895. The number of nitrogens with one attached hydrogen (secondary N) is 1. The first-order valence-electron chi connectivity index (χ1n) is 7.40. The third-order valence-electron chi connectivity index (χ3n) is 4.43. The first-order chi connectivity index (χ1) is 9.61. The van der Waals surface area contributed by atoms with Crippen molar-refractivity contribution in [1.29, 1.82) is 0 Å². The van der Waals surface area contributed by atoms with Crippen molar-refractivity contribution in [2.75, 3.05) is 19.6 Å². The van der Waals surface area contributed by atoms with Gasteiger partial charge in [0.15, 0.2) is 0 Å². The molecule has 1 aliphatic carbocycles. The van der Waals surface area contributed by atoms with E-state index in [-0.39, 0.29) is 17.6 Å². The maximum absolute atomic E-state index is 13.9. The van der Waals surface area contributed by atoms with E-state index >= 15 is 0 Å². The minimum absolute atomic E-state index is 0.0395. The van der Waals surface area contributed by atoms with Crippen molar-refractivity contribution >= 4 is 5.91 Å². The van der Waals surface area contributed by atoms with E-state index < -0.39 is 5.54 Å². The van der Waals surface area contributed by atoms with Crippen LogP contribution in [-0.2, 0) is 10.3 Å². The Morgan fingerprint density at radius 3 is 2.65 bits per heavy atom. The third-order valence-corrected chi connectivity index (χ3v) is 4.43. The topological polar surface area (TPSA) is 32.3 Å². The van der Waals surface area contributed by atoms with Crippen LogP contribution in [0.15, 0.2) is 24.3 Å². The Morgan fingerprint density at radius 2 is 2.10 bits per heavy atom. The summed E-state index contributed by atoms with van der Waals surface area (Å²) in [6, 6.07) is 6.76. The molecule has 0 radical (unpaired) electrons. The molecule has 20 heavy (non-hydrogen) atoms. The van der Waals surface area contributed by atoms with Crippen molar-refractivity contribution in [3.05, 3.63) is 35.6 Å². The second-order valence-corrected chi connectivity index (χ2v) is 6.11. The molecule has 3 rings (SSSR count). The molecule has 1 saturated heterocycles. The molecule has 0 aromatic heterocycles. The van der Waals surface area contributed by atoms with Crippen LogP contribution in [0.5, 0.6) is 0 Å². The van der Waals surface area contributed by atoms with Gasteiger partial charge in [0.2, 0.25) is 5.91 Å². The van der Waals surface area contributed by atoms with Gasteiger partial charge >= 0.3 is 0 Å². The lowest BCUT2D eigenvalue weighted by molar-refractivity contribution is -0.126. The van der Waals surface area contributed by atoms with Gasteiger partial charge in [0.05, 0.1) is 5.54 Å². The Bertz CT molecular complexity index is 509. The molecule has 1 N–H and O–H groups in total. The molecule has 4 heteroatoms. The zero-order valence-electron chi connectivity index (χ0n) is 11.9. The van der Waals surface area contributed by atoms with Gasteiger partial charge in [0.25, 0.3) is 0 Å². The van der Waals surface area contributed by atoms with Crippen molar-refractivity contribution < 1.29 is 9.18 Å². The molecule has 1 amide bonds. The van der Waals surface area contributed by atoms with Gasteiger partial charge < -0.3 is 10.2 Å². The SMILES string of the molecule is C[C@@H](CN1CCC1)C(=O)NC1(c2ccccc2F)CC1. The van der Waals surface area contributed by atoms with E-state index in [1.54, 1.807) is 12.1 Å². The van der Waals surface area contributed by atoms with Crippen LogP contribution in [0.2, 0.25) is 0 Å². The number of likely N-dealkylation sites (tertiary alicyclic amines) is 1. The monoisotopic (exact) mass is 276 g/mol. The predicted molar refractivity (Wildman–Crippen MR) is 75.7 cm³/mol. The number of carbonyl (C=O) groups excluding carboxylic acids is 1. The summed E-state index contributed by atoms with van der Waals surface area (Å²) in [7, 11) is 0. The normalized spacial score (nSPS) is 21.9. The Hall–Kier alpha value is -1.42. The summed E-state index contributed by atoms with van der Waals surface area (Å²) in [5.41, 5.74) is 0.176. The average molecular weight is 276 g/mol. The van der Waals surface area contributed by atoms with Crippen molar-refractivity contribution in [3.63, 3.8) is 0 Å². The summed E-state index contributed by atoms with van der Waals surface area (Å²) in [6.07, 6.45) is 2.89.